The Morgan fingerprint density at radius 3 is 2.28 bits per heavy atom. The molecule has 0 bridgehead atoms. The Morgan fingerprint density at radius 1 is 0.792 bits per heavy atom. The molecule has 1 fully saturated rings. The van der Waals surface area contributed by atoms with Crippen molar-refractivity contribution in [2.24, 2.45) is 0 Å². The minimum atomic E-state index is -0.871. The van der Waals surface area contributed by atoms with Crippen molar-refractivity contribution < 1.29 is 43.9 Å². The number of amides is 1. The zero-order chi connectivity index (χ0) is 37.1. The van der Waals surface area contributed by atoms with E-state index in [-0.39, 0.29) is 41.5 Å². The summed E-state index contributed by atoms with van der Waals surface area (Å²) in [5.74, 6) is -2.23. The van der Waals surface area contributed by atoms with Gasteiger partial charge >= 0.3 is 11.9 Å². The van der Waals surface area contributed by atoms with Gasteiger partial charge in [0.15, 0.2) is 6.29 Å². The van der Waals surface area contributed by atoms with Crippen LogP contribution in [-0.4, -0.2) is 64.3 Å². The van der Waals surface area contributed by atoms with Crippen LogP contribution in [0.25, 0.3) is 0 Å². The van der Waals surface area contributed by atoms with Crippen LogP contribution >= 0.6 is 0 Å². The molecule has 2 aliphatic rings. The topological polar surface area (TPSA) is 155 Å². The SMILES string of the molecule is CN(CC(O)c1cccc(O)c1)CC1OC(c2cccc(NC(=O)c3ccc4c(c3)C(=O)OC4=O)c2)OC(c2ccc(CO)cc2)C1c1ccccc1. The standard InChI is InChI=1S/C42H38N2O9/c1-44(22-35(47)28-9-6-12-32(46)20-28)23-36-37(26-7-3-2-4-8-26)38(27-15-13-25(24-45)14-16-27)52-42(51-36)30-10-5-11-31(19-30)43-39(48)29-17-18-33-34(21-29)41(50)53-40(33)49/h2-21,35-38,42,45-47H,22-24H2,1H3,(H,43,48). The lowest BCUT2D eigenvalue weighted by molar-refractivity contribution is -0.263. The minimum Gasteiger partial charge on any atom is -0.508 e. The van der Waals surface area contributed by atoms with Crippen LogP contribution in [0.3, 0.4) is 0 Å². The second-order valence-corrected chi connectivity index (χ2v) is 13.2. The predicted octanol–water partition coefficient (Wildman–Crippen LogP) is 6.05. The fourth-order valence-electron chi connectivity index (χ4n) is 6.87. The lowest BCUT2D eigenvalue weighted by Crippen LogP contribution is -2.44. The molecular weight excluding hydrogens is 676 g/mol. The Balaban J connectivity index is 1.18. The monoisotopic (exact) mass is 714 g/mol. The van der Waals surface area contributed by atoms with Gasteiger partial charge in [-0.25, -0.2) is 9.59 Å². The lowest BCUT2D eigenvalue weighted by atomic mass is 9.83. The van der Waals surface area contributed by atoms with Gasteiger partial charge in [-0.1, -0.05) is 78.9 Å². The lowest BCUT2D eigenvalue weighted by Gasteiger charge is -2.44. The number of phenols is 1. The average molecular weight is 715 g/mol. The Kier molecular flexibility index (Phi) is 10.4. The van der Waals surface area contributed by atoms with E-state index in [1.807, 2.05) is 72.6 Å². The molecule has 0 aliphatic carbocycles. The Hall–Kier alpha value is -5.69. The van der Waals surface area contributed by atoms with Crippen LogP contribution in [0.4, 0.5) is 5.69 Å². The second kappa shape index (κ2) is 15.5. The van der Waals surface area contributed by atoms with Crippen molar-refractivity contribution in [2.45, 2.75) is 37.1 Å². The summed E-state index contributed by atoms with van der Waals surface area (Å²) in [7, 11) is 1.90. The number of fused-ring (bicyclic) bond motifs is 1. The summed E-state index contributed by atoms with van der Waals surface area (Å²) in [6.45, 7) is 0.573. The zero-order valence-corrected chi connectivity index (χ0v) is 28.8. The van der Waals surface area contributed by atoms with Gasteiger partial charge in [0.1, 0.15) is 5.75 Å². The van der Waals surface area contributed by atoms with E-state index in [0.717, 1.165) is 16.7 Å². The molecule has 5 aromatic carbocycles. The number of aromatic hydroxyl groups is 1. The number of aliphatic hydroxyl groups excluding tert-OH is 2. The van der Waals surface area contributed by atoms with Crippen LogP contribution in [0, 0.1) is 0 Å². The summed E-state index contributed by atoms with van der Waals surface area (Å²) in [5.41, 5.74) is 4.67. The van der Waals surface area contributed by atoms with Crippen LogP contribution in [0.1, 0.15) is 83.3 Å². The van der Waals surface area contributed by atoms with Gasteiger partial charge < -0.3 is 39.7 Å². The predicted molar refractivity (Wildman–Crippen MR) is 194 cm³/mol. The first-order valence-corrected chi connectivity index (χ1v) is 17.2. The smallest absolute Gasteiger partial charge is 0.346 e. The largest absolute Gasteiger partial charge is 0.508 e. The van der Waals surface area contributed by atoms with Gasteiger partial charge in [-0.05, 0) is 71.8 Å². The van der Waals surface area contributed by atoms with Gasteiger partial charge in [-0.2, -0.15) is 0 Å². The zero-order valence-electron chi connectivity index (χ0n) is 28.8. The molecule has 0 spiro atoms. The Bertz CT molecular complexity index is 2120. The van der Waals surface area contributed by atoms with Crippen molar-refractivity contribution >= 4 is 23.5 Å². The van der Waals surface area contributed by atoms with Crippen LogP contribution < -0.4 is 5.32 Å². The number of rotatable bonds is 11. The van der Waals surface area contributed by atoms with Crippen molar-refractivity contribution in [3.63, 3.8) is 0 Å². The number of likely N-dealkylation sites (N-methyl/N-ethyl adjacent to an activating group) is 1. The molecule has 1 amide bonds. The van der Waals surface area contributed by atoms with Gasteiger partial charge in [-0.15, -0.1) is 0 Å². The molecule has 0 aromatic heterocycles. The minimum absolute atomic E-state index is 0.0388. The highest BCUT2D eigenvalue weighted by Crippen LogP contribution is 2.47. The molecule has 270 valence electrons. The summed E-state index contributed by atoms with van der Waals surface area (Å²) < 4.78 is 18.3. The Morgan fingerprint density at radius 2 is 1.53 bits per heavy atom. The quantitative estimate of drug-likeness (QED) is 0.0939. The molecule has 11 heteroatoms. The number of cyclic esters (lactones) is 2. The first kappa shape index (κ1) is 35.7. The van der Waals surface area contributed by atoms with Crippen LogP contribution in [0.2, 0.25) is 0 Å². The van der Waals surface area contributed by atoms with Gasteiger partial charge in [0.2, 0.25) is 0 Å². The number of ether oxygens (including phenoxy) is 3. The second-order valence-electron chi connectivity index (χ2n) is 13.2. The number of hydrogen-bond donors (Lipinski definition) is 4. The van der Waals surface area contributed by atoms with Crippen LogP contribution in [0.5, 0.6) is 5.75 Å². The van der Waals surface area contributed by atoms with E-state index in [2.05, 4.69) is 10.1 Å². The number of aliphatic hydroxyl groups is 2. The summed E-state index contributed by atoms with van der Waals surface area (Å²) in [5, 5.41) is 33.7. The molecule has 0 saturated carbocycles. The van der Waals surface area contributed by atoms with E-state index in [1.165, 1.54) is 18.2 Å². The maximum absolute atomic E-state index is 13.3. The highest BCUT2D eigenvalue weighted by molar-refractivity contribution is 6.16. The van der Waals surface area contributed by atoms with E-state index < -0.39 is 42.4 Å². The first-order chi connectivity index (χ1) is 25.7. The van der Waals surface area contributed by atoms with Crippen LogP contribution in [-0.2, 0) is 20.8 Å². The van der Waals surface area contributed by atoms with Gasteiger partial charge in [0, 0.05) is 35.8 Å². The molecule has 2 heterocycles. The van der Waals surface area contributed by atoms with E-state index in [0.29, 0.717) is 23.4 Å². The molecule has 11 nitrogen and oxygen atoms in total. The molecule has 4 N–H and O–H groups in total. The molecule has 7 rings (SSSR count). The maximum atomic E-state index is 13.3. The summed E-state index contributed by atoms with van der Waals surface area (Å²) in [6, 6.07) is 35.4. The van der Waals surface area contributed by atoms with Gasteiger partial charge in [0.05, 0.1) is 36.0 Å². The Labute approximate surface area is 306 Å². The number of carbonyl (C=O) groups excluding carboxylic acids is 3. The molecule has 0 radical (unpaired) electrons. The van der Waals surface area contributed by atoms with Crippen LogP contribution in [0.15, 0.2) is 121 Å². The molecule has 2 aliphatic heterocycles. The van der Waals surface area contributed by atoms with Crippen molar-refractivity contribution in [2.75, 3.05) is 25.5 Å². The highest BCUT2D eigenvalue weighted by Gasteiger charge is 2.42. The van der Waals surface area contributed by atoms with Crippen molar-refractivity contribution in [1.29, 1.82) is 0 Å². The van der Waals surface area contributed by atoms with Crippen molar-refractivity contribution in [3.8, 4) is 5.75 Å². The van der Waals surface area contributed by atoms with E-state index in [1.54, 1.807) is 42.5 Å². The molecule has 5 aromatic rings. The van der Waals surface area contributed by atoms with E-state index in [4.69, 9.17) is 9.47 Å². The third kappa shape index (κ3) is 7.90. The molecule has 53 heavy (non-hydrogen) atoms. The van der Waals surface area contributed by atoms with Crippen molar-refractivity contribution in [1.82, 2.24) is 4.90 Å². The fraction of sp³-hybridized carbons (Fsp3) is 0.214. The molecular formula is C42H38N2O9. The number of carbonyl (C=O) groups is 3. The molecule has 5 atom stereocenters. The first-order valence-electron chi connectivity index (χ1n) is 17.2. The van der Waals surface area contributed by atoms with E-state index >= 15 is 0 Å². The maximum Gasteiger partial charge on any atom is 0.346 e. The third-order valence-electron chi connectivity index (χ3n) is 9.53. The molecule has 5 unspecified atom stereocenters. The summed E-state index contributed by atoms with van der Waals surface area (Å²) in [6.07, 6.45) is -2.68. The number of nitrogens with one attached hydrogen (secondary N) is 1. The molecule has 1 saturated heterocycles. The van der Waals surface area contributed by atoms with Gasteiger partial charge in [0.25, 0.3) is 5.91 Å². The van der Waals surface area contributed by atoms with Crippen molar-refractivity contribution in [3.05, 3.63) is 166 Å². The normalized spacial score (nSPS) is 20.2. The number of nitrogens with zero attached hydrogens (tertiary/aromatic N) is 1. The summed E-state index contributed by atoms with van der Waals surface area (Å²) >= 11 is 0. The third-order valence-corrected chi connectivity index (χ3v) is 9.53. The number of esters is 2. The number of phenolic OH excluding ortho intramolecular Hbond substituents is 1. The van der Waals surface area contributed by atoms with Gasteiger partial charge in [-0.3, -0.25) is 4.79 Å². The fourth-order valence-corrected chi connectivity index (χ4v) is 6.87. The van der Waals surface area contributed by atoms with E-state index in [9.17, 15) is 29.7 Å². The average Bonchev–Trinajstić information content (AvgIpc) is 3.46. The number of anilines is 1. The number of hydrogen-bond acceptors (Lipinski definition) is 10. The number of benzene rings is 5. The highest BCUT2D eigenvalue weighted by atomic mass is 16.7. The summed E-state index contributed by atoms with van der Waals surface area (Å²) in [4.78, 5) is 39.2.